The van der Waals surface area contributed by atoms with Crippen LogP contribution < -0.4 is 29.1 Å². The van der Waals surface area contributed by atoms with E-state index in [-0.39, 0.29) is 12.2 Å². The first kappa shape index (κ1) is 28.9. The van der Waals surface area contributed by atoms with Gasteiger partial charge < -0.3 is 18.9 Å². The van der Waals surface area contributed by atoms with E-state index in [1.165, 1.54) is 23.0 Å². The number of esters is 1. The summed E-state index contributed by atoms with van der Waals surface area (Å²) < 4.78 is 24.7. The lowest BCUT2D eigenvalue weighted by molar-refractivity contribution is -0.139. The number of carbonyl (C=O) groups is 1. The van der Waals surface area contributed by atoms with Crippen molar-refractivity contribution >= 4 is 50.9 Å². The van der Waals surface area contributed by atoms with Crippen LogP contribution in [0.5, 0.6) is 17.2 Å². The number of rotatable bonds is 9. The first-order valence-electron chi connectivity index (χ1n) is 12.2. The van der Waals surface area contributed by atoms with Gasteiger partial charge in [0.2, 0.25) is 0 Å². The number of allylic oxidation sites excluding steroid dienone is 1. The topological polar surface area (TPSA) is 88.4 Å². The van der Waals surface area contributed by atoms with Crippen molar-refractivity contribution in [3.05, 3.63) is 81.9 Å². The van der Waals surface area contributed by atoms with Crippen LogP contribution in [0.25, 0.3) is 6.08 Å². The molecule has 0 aliphatic carbocycles. The summed E-state index contributed by atoms with van der Waals surface area (Å²) in [4.78, 5) is 32.7. The van der Waals surface area contributed by atoms with Crippen molar-refractivity contribution in [3.8, 4) is 17.2 Å². The van der Waals surface area contributed by atoms with Gasteiger partial charge in [-0.3, -0.25) is 9.36 Å². The summed E-state index contributed by atoms with van der Waals surface area (Å²) in [7, 11) is 4.65. The molecule has 1 aromatic heterocycles. The molecule has 2 heterocycles. The normalized spacial score (nSPS) is 15.1. The van der Waals surface area contributed by atoms with Gasteiger partial charge in [-0.1, -0.05) is 36.3 Å². The van der Waals surface area contributed by atoms with Crippen molar-refractivity contribution < 1.29 is 23.7 Å². The third-order valence-corrected chi connectivity index (χ3v) is 8.01. The maximum absolute atomic E-state index is 14.0. The predicted octanol–water partition coefficient (Wildman–Crippen LogP) is 5.02. The predicted molar refractivity (Wildman–Crippen MR) is 155 cm³/mol. The number of aromatic nitrogens is 1. The second-order valence-electron chi connectivity index (χ2n) is 8.53. The zero-order valence-electron chi connectivity index (χ0n) is 22.2. The van der Waals surface area contributed by atoms with Crippen LogP contribution >= 0.6 is 38.9 Å². The Balaban J connectivity index is 2.06. The van der Waals surface area contributed by atoms with E-state index in [4.69, 9.17) is 35.5 Å². The summed E-state index contributed by atoms with van der Waals surface area (Å²) >= 11 is 11.1. The molecule has 0 unspecified atom stereocenters. The van der Waals surface area contributed by atoms with Crippen LogP contribution in [-0.2, 0) is 9.53 Å². The molecule has 0 saturated heterocycles. The molecule has 11 heteroatoms. The summed E-state index contributed by atoms with van der Waals surface area (Å²) in [5.41, 5.74) is 1.78. The average molecular weight is 636 g/mol. The van der Waals surface area contributed by atoms with E-state index >= 15 is 0 Å². The van der Waals surface area contributed by atoms with Gasteiger partial charge >= 0.3 is 5.97 Å². The fraction of sp³-hybridized carbons (Fsp3) is 0.321. The highest BCUT2D eigenvalue weighted by Gasteiger charge is 2.36. The lowest BCUT2D eigenvalue weighted by Gasteiger charge is -2.27. The van der Waals surface area contributed by atoms with Crippen molar-refractivity contribution in [2.45, 2.75) is 32.7 Å². The lowest BCUT2D eigenvalue weighted by Crippen LogP contribution is -2.40. The lowest BCUT2D eigenvalue weighted by atomic mass is 9.93. The Labute approximate surface area is 243 Å². The Bertz CT molecular complexity index is 1630. The average Bonchev–Trinajstić information content (AvgIpc) is 3.22. The van der Waals surface area contributed by atoms with Gasteiger partial charge in [0, 0.05) is 22.2 Å². The second kappa shape index (κ2) is 12.4. The number of hydrogen-bond donors (Lipinski definition) is 0. The van der Waals surface area contributed by atoms with Crippen molar-refractivity contribution in [1.82, 2.24) is 4.57 Å². The maximum atomic E-state index is 14.0. The largest absolute Gasteiger partial charge is 0.496 e. The van der Waals surface area contributed by atoms with Crippen LogP contribution in [0.2, 0.25) is 5.02 Å². The molecule has 0 fully saturated rings. The molecule has 2 aromatic carbocycles. The smallest absolute Gasteiger partial charge is 0.338 e. The second-order valence-corrected chi connectivity index (χ2v) is 10.8. The highest BCUT2D eigenvalue weighted by Crippen LogP contribution is 2.38. The highest BCUT2D eigenvalue weighted by molar-refractivity contribution is 9.10. The minimum Gasteiger partial charge on any atom is -0.496 e. The minimum atomic E-state index is -0.845. The van der Waals surface area contributed by atoms with Gasteiger partial charge in [0.15, 0.2) is 4.80 Å². The SMILES string of the molecule is CCCC1=C(C(=O)OCC)[C@@H](c2cc(Cl)ccc2OC)n2c(s/c(=C/c3cc(Br)c(OC)cc3OC)c2=O)=N1. The molecule has 3 aromatic rings. The van der Waals surface area contributed by atoms with Gasteiger partial charge in [-0.25, -0.2) is 9.79 Å². The van der Waals surface area contributed by atoms with E-state index in [1.807, 2.05) is 13.0 Å². The van der Waals surface area contributed by atoms with E-state index in [9.17, 15) is 9.59 Å². The number of benzene rings is 2. The number of carbonyl (C=O) groups excluding carboxylic acids is 1. The van der Waals surface area contributed by atoms with Crippen molar-refractivity contribution in [2.24, 2.45) is 4.99 Å². The number of ether oxygens (including phenoxy) is 4. The van der Waals surface area contributed by atoms with Gasteiger partial charge in [0.1, 0.15) is 23.3 Å². The molecule has 8 nitrogen and oxygen atoms in total. The third-order valence-electron chi connectivity index (χ3n) is 6.17. The Morgan fingerprint density at radius 2 is 1.82 bits per heavy atom. The molecule has 0 spiro atoms. The van der Waals surface area contributed by atoms with Gasteiger partial charge in [0.25, 0.3) is 5.56 Å². The highest BCUT2D eigenvalue weighted by atomic mass is 79.9. The molecular formula is C28H28BrClN2O6S. The van der Waals surface area contributed by atoms with Gasteiger partial charge in [-0.05, 0) is 59.6 Å². The van der Waals surface area contributed by atoms with Crippen LogP contribution in [0.1, 0.15) is 43.9 Å². The molecule has 1 atom stereocenters. The molecule has 0 radical (unpaired) electrons. The molecule has 0 N–H and O–H groups in total. The van der Waals surface area contributed by atoms with Gasteiger partial charge in [-0.2, -0.15) is 0 Å². The van der Waals surface area contributed by atoms with E-state index in [0.717, 1.165) is 6.42 Å². The van der Waals surface area contributed by atoms with Crippen LogP contribution in [0, 0.1) is 0 Å². The maximum Gasteiger partial charge on any atom is 0.338 e. The number of halogens is 2. The zero-order valence-corrected chi connectivity index (χ0v) is 25.3. The summed E-state index contributed by atoms with van der Waals surface area (Å²) in [6, 6.07) is 7.84. The van der Waals surface area contributed by atoms with Crippen LogP contribution in [0.3, 0.4) is 0 Å². The molecule has 206 valence electrons. The summed E-state index contributed by atoms with van der Waals surface area (Å²) in [5, 5.41) is 0.443. The quantitative estimate of drug-likeness (QED) is 0.307. The Morgan fingerprint density at radius 3 is 2.46 bits per heavy atom. The van der Waals surface area contributed by atoms with E-state index < -0.39 is 12.0 Å². The first-order chi connectivity index (χ1) is 18.8. The first-order valence-corrected chi connectivity index (χ1v) is 14.2. The number of hydrogen-bond acceptors (Lipinski definition) is 8. The number of methoxy groups -OCH3 is 3. The molecule has 1 aliphatic rings. The molecule has 1 aliphatic heterocycles. The number of fused-ring (bicyclic) bond motifs is 1. The number of nitrogens with zero attached hydrogens (tertiary/aromatic N) is 2. The zero-order chi connectivity index (χ0) is 28.3. The standard InChI is InChI=1S/C28H28BrClN2O6S/c1-6-8-19-24(27(34)38-7-2)25(17-13-16(30)9-10-20(17)35-3)32-26(33)23(39-28(32)31-19)12-15-11-18(29)22(37-5)14-21(15)36-4/h9-14,25H,6-8H2,1-5H3/b23-12+/t25-/m1/s1. The molecular weight excluding hydrogens is 608 g/mol. The Hall–Kier alpha value is -3.08. The number of thiazole rings is 1. The summed E-state index contributed by atoms with van der Waals surface area (Å²) in [5.74, 6) is 1.08. The van der Waals surface area contributed by atoms with Crippen molar-refractivity contribution in [2.75, 3.05) is 27.9 Å². The molecule has 0 amide bonds. The molecule has 0 saturated carbocycles. The summed E-state index contributed by atoms with van der Waals surface area (Å²) in [6.07, 6.45) is 3.01. The monoisotopic (exact) mass is 634 g/mol. The van der Waals surface area contributed by atoms with Gasteiger partial charge in [-0.15, -0.1) is 0 Å². The molecule has 39 heavy (non-hydrogen) atoms. The summed E-state index contributed by atoms with van der Waals surface area (Å²) in [6.45, 7) is 3.92. The fourth-order valence-electron chi connectivity index (χ4n) is 4.47. The van der Waals surface area contributed by atoms with E-state index in [1.54, 1.807) is 51.5 Å². The Kier molecular flexibility index (Phi) is 9.19. The molecule has 0 bridgehead atoms. The van der Waals surface area contributed by atoms with Gasteiger partial charge in [0.05, 0.1) is 48.2 Å². The van der Waals surface area contributed by atoms with Crippen molar-refractivity contribution in [3.63, 3.8) is 0 Å². The fourth-order valence-corrected chi connectivity index (χ4v) is 6.19. The van der Waals surface area contributed by atoms with E-state index in [0.29, 0.717) is 64.9 Å². The third kappa shape index (κ3) is 5.64. The molecule has 4 rings (SSSR count). The van der Waals surface area contributed by atoms with Crippen LogP contribution in [-0.4, -0.2) is 38.5 Å². The Morgan fingerprint density at radius 1 is 1.10 bits per heavy atom. The van der Waals surface area contributed by atoms with Crippen LogP contribution in [0.4, 0.5) is 0 Å². The van der Waals surface area contributed by atoms with E-state index in [2.05, 4.69) is 15.9 Å². The van der Waals surface area contributed by atoms with Crippen molar-refractivity contribution in [1.29, 1.82) is 0 Å². The minimum absolute atomic E-state index is 0.178. The van der Waals surface area contributed by atoms with Crippen LogP contribution in [0.15, 0.2) is 55.9 Å².